The zero-order chi connectivity index (χ0) is 18.4. The predicted molar refractivity (Wildman–Crippen MR) is 102 cm³/mol. The molecule has 2 aromatic carbocycles. The maximum Gasteiger partial charge on any atom is 0.296 e. The van der Waals surface area contributed by atoms with Gasteiger partial charge in [0.25, 0.3) is 5.56 Å². The van der Waals surface area contributed by atoms with Gasteiger partial charge >= 0.3 is 0 Å². The Morgan fingerprint density at radius 1 is 1.08 bits per heavy atom. The van der Waals surface area contributed by atoms with Crippen LogP contribution < -0.4 is 15.0 Å². The molecule has 0 N–H and O–H groups in total. The highest BCUT2D eigenvalue weighted by atomic mass is 16.5. The molecule has 0 saturated carbocycles. The second-order valence-electron chi connectivity index (χ2n) is 6.19. The van der Waals surface area contributed by atoms with E-state index >= 15 is 0 Å². The zero-order valence-electron chi connectivity index (χ0n) is 15.1. The van der Waals surface area contributed by atoms with E-state index in [2.05, 4.69) is 5.10 Å². The third-order valence-electron chi connectivity index (χ3n) is 4.77. The van der Waals surface area contributed by atoms with E-state index < -0.39 is 0 Å². The van der Waals surface area contributed by atoms with Crippen LogP contribution >= 0.6 is 0 Å². The lowest BCUT2D eigenvalue weighted by Crippen LogP contribution is -2.23. The molecule has 2 aromatic heterocycles. The van der Waals surface area contributed by atoms with Gasteiger partial charge in [-0.15, -0.1) is 0 Å². The minimum atomic E-state index is -0.170. The summed E-state index contributed by atoms with van der Waals surface area (Å²) < 4.78 is 14.2. The number of methoxy groups -OCH3 is 2. The number of nitrogens with zero attached hydrogens (tertiary/aromatic N) is 3. The molecule has 132 valence electrons. The van der Waals surface area contributed by atoms with Crippen molar-refractivity contribution >= 4 is 21.8 Å². The van der Waals surface area contributed by atoms with E-state index in [1.165, 1.54) is 4.68 Å². The van der Waals surface area contributed by atoms with Gasteiger partial charge in [0.15, 0.2) is 0 Å². The Bertz CT molecular complexity index is 1200. The summed E-state index contributed by atoms with van der Waals surface area (Å²) in [4.78, 5) is 13.2. The van der Waals surface area contributed by atoms with Crippen LogP contribution in [0, 0.1) is 6.92 Å². The minimum absolute atomic E-state index is 0.170. The van der Waals surface area contributed by atoms with Crippen molar-refractivity contribution in [2.75, 3.05) is 14.2 Å². The van der Waals surface area contributed by atoms with Crippen LogP contribution in [0.15, 0.2) is 47.4 Å². The highest BCUT2D eigenvalue weighted by Crippen LogP contribution is 2.37. The van der Waals surface area contributed by atoms with E-state index in [1.54, 1.807) is 20.4 Å². The van der Waals surface area contributed by atoms with Crippen molar-refractivity contribution in [1.82, 2.24) is 14.3 Å². The summed E-state index contributed by atoms with van der Waals surface area (Å²) >= 11 is 0. The smallest absolute Gasteiger partial charge is 0.296 e. The lowest BCUT2D eigenvalue weighted by Gasteiger charge is -2.08. The molecule has 4 rings (SSSR count). The Morgan fingerprint density at radius 2 is 1.85 bits per heavy atom. The van der Waals surface area contributed by atoms with Crippen molar-refractivity contribution < 1.29 is 9.47 Å². The number of hydrogen-bond donors (Lipinski definition) is 0. The van der Waals surface area contributed by atoms with Gasteiger partial charge in [-0.3, -0.25) is 4.79 Å². The molecule has 0 spiro atoms. The lowest BCUT2D eigenvalue weighted by molar-refractivity contribution is 0.398. The third-order valence-corrected chi connectivity index (χ3v) is 4.77. The van der Waals surface area contributed by atoms with Gasteiger partial charge in [0.2, 0.25) is 0 Å². The SMILES string of the molecule is COc1cc(OC)c2c3cnn(-c4ccccc4C)c(=O)c3n(C)c2c1. The van der Waals surface area contributed by atoms with Gasteiger partial charge in [-0.05, 0) is 18.6 Å². The molecule has 26 heavy (non-hydrogen) atoms. The first-order chi connectivity index (χ1) is 12.6. The normalized spacial score (nSPS) is 11.2. The number of hydrogen-bond acceptors (Lipinski definition) is 4. The minimum Gasteiger partial charge on any atom is -0.497 e. The quantitative estimate of drug-likeness (QED) is 0.570. The number of rotatable bonds is 3. The van der Waals surface area contributed by atoms with E-state index in [4.69, 9.17) is 9.47 Å². The molecule has 0 saturated heterocycles. The summed E-state index contributed by atoms with van der Waals surface area (Å²) in [6.07, 6.45) is 1.72. The first-order valence-corrected chi connectivity index (χ1v) is 8.25. The number of aryl methyl sites for hydroxylation is 2. The van der Waals surface area contributed by atoms with Gasteiger partial charge in [-0.25, -0.2) is 0 Å². The molecule has 6 nitrogen and oxygen atoms in total. The molecule has 0 amide bonds. The molecule has 0 radical (unpaired) electrons. The van der Waals surface area contributed by atoms with Crippen LogP contribution in [0.2, 0.25) is 0 Å². The molecule has 0 aliphatic heterocycles. The van der Waals surface area contributed by atoms with Crippen molar-refractivity contribution in [3.8, 4) is 17.2 Å². The van der Waals surface area contributed by atoms with Crippen molar-refractivity contribution in [1.29, 1.82) is 0 Å². The van der Waals surface area contributed by atoms with Gasteiger partial charge in [0.05, 0.1) is 37.0 Å². The summed E-state index contributed by atoms with van der Waals surface area (Å²) in [7, 11) is 5.08. The third kappa shape index (κ3) is 2.19. The van der Waals surface area contributed by atoms with Gasteiger partial charge < -0.3 is 14.0 Å². The summed E-state index contributed by atoms with van der Waals surface area (Å²) in [5.74, 6) is 1.33. The second-order valence-corrected chi connectivity index (χ2v) is 6.19. The van der Waals surface area contributed by atoms with Crippen LogP contribution in [-0.2, 0) is 7.05 Å². The molecular weight excluding hydrogens is 330 g/mol. The highest BCUT2D eigenvalue weighted by Gasteiger charge is 2.19. The number of ether oxygens (including phenoxy) is 2. The molecular formula is C20H19N3O3. The van der Waals surface area contributed by atoms with E-state index in [0.717, 1.165) is 27.5 Å². The van der Waals surface area contributed by atoms with Crippen LogP contribution in [0.5, 0.6) is 11.5 Å². The molecule has 0 bridgehead atoms. The molecule has 0 atom stereocenters. The van der Waals surface area contributed by atoms with E-state index in [1.807, 2.05) is 54.9 Å². The predicted octanol–water partition coefficient (Wildman–Crippen LogP) is 3.20. The maximum atomic E-state index is 13.2. The topological polar surface area (TPSA) is 58.3 Å². The Labute approximate surface area is 150 Å². The van der Waals surface area contributed by atoms with Gasteiger partial charge in [0, 0.05) is 24.6 Å². The van der Waals surface area contributed by atoms with Crippen molar-refractivity contribution in [2.45, 2.75) is 6.92 Å². The number of aromatic nitrogens is 3. The van der Waals surface area contributed by atoms with Gasteiger partial charge in [-0.2, -0.15) is 9.78 Å². The van der Waals surface area contributed by atoms with Gasteiger partial charge in [0.1, 0.15) is 17.0 Å². The first-order valence-electron chi connectivity index (χ1n) is 8.25. The van der Waals surface area contributed by atoms with E-state index in [0.29, 0.717) is 17.0 Å². The van der Waals surface area contributed by atoms with E-state index in [-0.39, 0.29) is 5.56 Å². The fourth-order valence-electron chi connectivity index (χ4n) is 3.44. The van der Waals surface area contributed by atoms with Crippen LogP contribution in [-0.4, -0.2) is 28.6 Å². The Hall–Kier alpha value is -3.28. The highest BCUT2D eigenvalue weighted by molar-refractivity contribution is 6.11. The summed E-state index contributed by atoms with van der Waals surface area (Å²) in [5, 5.41) is 6.04. The average Bonchev–Trinajstić information content (AvgIpc) is 2.95. The summed E-state index contributed by atoms with van der Waals surface area (Å²) in [5.41, 5.74) is 3.02. The summed E-state index contributed by atoms with van der Waals surface area (Å²) in [6.45, 7) is 1.96. The molecule has 0 aliphatic rings. The molecule has 2 heterocycles. The molecule has 0 unspecified atom stereocenters. The van der Waals surface area contributed by atoms with Crippen LogP contribution in [0.1, 0.15) is 5.56 Å². The fourth-order valence-corrected chi connectivity index (χ4v) is 3.44. The molecule has 0 fully saturated rings. The maximum absolute atomic E-state index is 13.2. The molecule has 6 heteroatoms. The first kappa shape index (κ1) is 16.2. The molecule has 0 aliphatic carbocycles. The van der Waals surface area contributed by atoms with Crippen molar-refractivity contribution in [3.05, 3.63) is 58.5 Å². The largest absolute Gasteiger partial charge is 0.497 e. The lowest BCUT2D eigenvalue weighted by atomic mass is 10.1. The Kier molecular flexibility index (Phi) is 3.68. The number of para-hydroxylation sites is 1. The van der Waals surface area contributed by atoms with Crippen LogP contribution in [0.4, 0.5) is 0 Å². The summed E-state index contributed by atoms with van der Waals surface area (Å²) in [6, 6.07) is 11.4. The Balaban J connectivity index is 2.14. The second kappa shape index (κ2) is 5.91. The zero-order valence-corrected chi connectivity index (χ0v) is 15.1. The van der Waals surface area contributed by atoms with Crippen LogP contribution in [0.3, 0.4) is 0 Å². The molecule has 4 aromatic rings. The monoisotopic (exact) mass is 349 g/mol. The fraction of sp³-hybridized carbons (Fsp3) is 0.200. The number of fused-ring (bicyclic) bond motifs is 3. The van der Waals surface area contributed by atoms with E-state index in [9.17, 15) is 4.79 Å². The van der Waals surface area contributed by atoms with Gasteiger partial charge in [-0.1, -0.05) is 18.2 Å². The van der Waals surface area contributed by atoms with Crippen molar-refractivity contribution in [2.24, 2.45) is 7.05 Å². The van der Waals surface area contributed by atoms with Crippen molar-refractivity contribution in [3.63, 3.8) is 0 Å². The number of benzene rings is 2. The Morgan fingerprint density at radius 3 is 2.54 bits per heavy atom. The van der Waals surface area contributed by atoms with Crippen LogP contribution in [0.25, 0.3) is 27.5 Å². The standard InChI is InChI=1S/C20H19N3O3/c1-12-7-5-6-8-15(12)23-20(24)19-14(11-21-23)18-16(22(19)2)9-13(25-3)10-17(18)26-4/h5-11H,1-4H3. The average molecular weight is 349 g/mol.